The highest BCUT2D eigenvalue weighted by atomic mass is 16.5. The Hall–Kier alpha value is -0.0400. The fourth-order valence-corrected chi connectivity index (χ4v) is 0.982. The molecule has 0 aliphatic heterocycles. The molecule has 1 radical (unpaired) electrons. The predicted molar refractivity (Wildman–Crippen MR) is 49.4 cm³/mol. The third-order valence-electron chi connectivity index (χ3n) is 1.53. The van der Waals surface area contributed by atoms with Crippen molar-refractivity contribution < 1.29 is 4.74 Å². The van der Waals surface area contributed by atoms with Crippen molar-refractivity contribution in [3.05, 3.63) is 6.92 Å². The second kappa shape index (κ2) is 4.10. The molecule has 11 heavy (non-hydrogen) atoms. The molecule has 0 heterocycles. The minimum Gasteiger partial charge on any atom is -0.372 e. The predicted octanol–water partition coefficient (Wildman–Crippen LogP) is 3.05. The molecule has 0 saturated carbocycles. The zero-order valence-electron chi connectivity index (χ0n) is 8.48. The fraction of sp³-hybridized carbons (Fsp3) is 0.900. The second-order valence-electron chi connectivity index (χ2n) is 4.30. The van der Waals surface area contributed by atoms with Crippen molar-refractivity contribution in [3.63, 3.8) is 0 Å². The van der Waals surface area contributed by atoms with Crippen LogP contribution in [-0.2, 0) is 4.74 Å². The first kappa shape index (κ1) is 11.0. The third-order valence-corrected chi connectivity index (χ3v) is 1.53. The van der Waals surface area contributed by atoms with E-state index < -0.39 is 0 Å². The van der Waals surface area contributed by atoms with Crippen molar-refractivity contribution in [1.29, 1.82) is 0 Å². The first-order chi connectivity index (χ1) is 4.87. The zero-order chi connectivity index (χ0) is 9.07. The molecule has 0 aliphatic carbocycles. The largest absolute Gasteiger partial charge is 0.372 e. The summed E-state index contributed by atoms with van der Waals surface area (Å²) in [5, 5.41) is 0. The summed E-state index contributed by atoms with van der Waals surface area (Å²) in [5.41, 5.74) is -0.0351. The van der Waals surface area contributed by atoms with E-state index >= 15 is 0 Å². The van der Waals surface area contributed by atoms with E-state index in [0.717, 1.165) is 6.42 Å². The van der Waals surface area contributed by atoms with Gasteiger partial charge in [0.15, 0.2) is 0 Å². The summed E-state index contributed by atoms with van der Waals surface area (Å²) < 4.78 is 5.79. The van der Waals surface area contributed by atoms with Gasteiger partial charge in [0.25, 0.3) is 0 Å². The normalized spacial score (nSPS) is 15.5. The van der Waals surface area contributed by atoms with Gasteiger partial charge in [0, 0.05) is 0 Å². The van der Waals surface area contributed by atoms with Crippen LogP contribution < -0.4 is 0 Å². The van der Waals surface area contributed by atoms with Crippen molar-refractivity contribution in [3.8, 4) is 0 Å². The molecule has 0 aromatic rings. The molecule has 0 spiro atoms. The maximum Gasteiger partial charge on any atom is 0.0605 e. The lowest BCUT2D eigenvalue weighted by atomic mass is 10.0. The highest BCUT2D eigenvalue weighted by Crippen LogP contribution is 2.18. The summed E-state index contributed by atoms with van der Waals surface area (Å²) in [6.45, 7) is 14.4. The standard InChI is InChI=1S/C10H21O/c1-7-9(8(2)3)11-10(4,5)6/h8-9H,1,7H2,2-6H3. The van der Waals surface area contributed by atoms with Gasteiger partial charge in [-0.25, -0.2) is 0 Å². The molecule has 1 atom stereocenters. The molecule has 0 aromatic carbocycles. The van der Waals surface area contributed by atoms with Crippen LogP contribution in [0.1, 0.15) is 41.0 Å². The van der Waals surface area contributed by atoms with E-state index in [-0.39, 0.29) is 5.60 Å². The Balaban J connectivity index is 3.88. The average molecular weight is 157 g/mol. The molecule has 0 fully saturated rings. The minimum atomic E-state index is -0.0351. The van der Waals surface area contributed by atoms with Crippen LogP contribution in [0, 0.1) is 12.8 Å². The number of hydrogen-bond donors (Lipinski definition) is 0. The quantitative estimate of drug-likeness (QED) is 0.612. The maximum atomic E-state index is 5.79. The smallest absolute Gasteiger partial charge is 0.0605 e. The summed E-state index contributed by atoms with van der Waals surface area (Å²) in [7, 11) is 0. The molecule has 67 valence electrons. The van der Waals surface area contributed by atoms with Gasteiger partial charge in [-0.1, -0.05) is 20.8 Å². The highest BCUT2D eigenvalue weighted by Gasteiger charge is 2.19. The van der Waals surface area contributed by atoms with Gasteiger partial charge in [0.1, 0.15) is 0 Å². The Morgan fingerprint density at radius 2 is 1.73 bits per heavy atom. The lowest BCUT2D eigenvalue weighted by Gasteiger charge is -2.29. The molecular weight excluding hydrogens is 136 g/mol. The summed E-state index contributed by atoms with van der Waals surface area (Å²) in [4.78, 5) is 0. The molecule has 1 unspecified atom stereocenters. The van der Waals surface area contributed by atoms with Gasteiger partial charge in [-0.05, 0) is 33.1 Å². The number of rotatable bonds is 3. The van der Waals surface area contributed by atoms with Crippen LogP contribution in [0.25, 0.3) is 0 Å². The lowest BCUT2D eigenvalue weighted by Crippen LogP contribution is -2.30. The molecule has 0 N–H and O–H groups in total. The molecule has 0 aliphatic rings. The van der Waals surface area contributed by atoms with E-state index in [9.17, 15) is 0 Å². The van der Waals surface area contributed by atoms with Gasteiger partial charge in [-0.2, -0.15) is 0 Å². The monoisotopic (exact) mass is 157 g/mol. The Bertz CT molecular complexity index is 99.9. The van der Waals surface area contributed by atoms with E-state index in [1.165, 1.54) is 0 Å². The Kier molecular flexibility index (Phi) is 4.09. The van der Waals surface area contributed by atoms with Crippen molar-refractivity contribution in [2.45, 2.75) is 52.7 Å². The lowest BCUT2D eigenvalue weighted by molar-refractivity contribution is -0.0775. The number of hydrogen-bond acceptors (Lipinski definition) is 1. The van der Waals surface area contributed by atoms with E-state index in [1.807, 2.05) is 0 Å². The summed E-state index contributed by atoms with van der Waals surface area (Å²) >= 11 is 0. The Morgan fingerprint density at radius 3 is 1.82 bits per heavy atom. The Morgan fingerprint density at radius 1 is 1.27 bits per heavy atom. The summed E-state index contributed by atoms with van der Waals surface area (Å²) in [6, 6.07) is 0. The van der Waals surface area contributed by atoms with Crippen molar-refractivity contribution >= 4 is 0 Å². The van der Waals surface area contributed by atoms with Crippen LogP contribution in [0.2, 0.25) is 0 Å². The SMILES string of the molecule is [CH2]CC(OC(C)(C)C)C(C)C. The van der Waals surface area contributed by atoms with Crippen LogP contribution in [-0.4, -0.2) is 11.7 Å². The molecule has 0 rings (SSSR count). The fourth-order valence-electron chi connectivity index (χ4n) is 0.982. The van der Waals surface area contributed by atoms with E-state index in [0.29, 0.717) is 12.0 Å². The van der Waals surface area contributed by atoms with Crippen LogP contribution in [0.3, 0.4) is 0 Å². The van der Waals surface area contributed by atoms with Gasteiger partial charge in [-0.3, -0.25) is 0 Å². The summed E-state index contributed by atoms with van der Waals surface area (Å²) in [6.07, 6.45) is 1.16. The first-order valence-corrected chi connectivity index (χ1v) is 4.34. The van der Waals surface area contributed by atoms with Crippen LogP contribution >= 0.6 is 0 Å². The molecule has 1 heteroatoms. The maximum absolute atomic E-state index is 5.79. The first-order valence-electron chi connectivity index (χ1n) is 4.34. The average Bonchev–Trinajstić information content (AvgIpc) is 1.80. The topological polar surface area (TPSA) is 9.23 Å². The summed E-state index contributed by atoms with van der Waals surface area (Å²) in [5.74, 6) is 0.562. The van der Waals surface area contributed by atoms with Crippen molar-refractivity contribution in [2.24, 2.45) is 5.92 Å². The molecule has 0 saturated heterocycles. The van der Waals surface area contributed by atoms with Gasteiger partial charge in [0.2, 0.25) is 0 Å². The van der Waals surface area contributed by atoms with Crippen molar-refractivity contribution in [1.82, 2.24) is 0 Å². The van der Waals surface area contributed by atoms with E-state index in [1.54, 1.807) is 0 Å². The number of ether oxygens (including phenoxy) is 1. The zero-order valence-corrected chi connectivity index (χ0v) is 8.48. The molecule has 1 nitrogen and oxygen atoms in total. The molecule has 0 aromatic heterocycles. The van der Waals surface area contributed by atoms with E-state index in [2.05, 4.69) is 41.5 Å². The molecular formula is C10H21O. The third kappa shape index (κ3) is 5.25. The molecule has 0 amide bonds. The van der Waals surface area contributed by atoms with Crippen LogP contribution in [0.5, 0.6) is 0 Å². The van der Waals surface area contributed by atoms with Crippen molar-refractivity contribution in [2.75, 3.05) is 0 Å². The Labute approximate surface area is 71.1 Å². The van der Waals surface area contributed by atoms with Crippen LogP contribution in [0.15, 0.2) is 0 Å². The minimum absolute atomic E-state index is 0.0351. The highest BCUT2D eigenvalue weighted by molar-refractivity contribution is 4.69. The van der Waals surface area contributed by atoms with E-state index in [4.69, 9.17) is 4.74 Å². The van der Waals surface area contributed by atoms with Crippen LogP contribution in [0.4, 0.5) is 0 Å². The van der Waals surface area contributed by atoms with Gasteiger partial charge in [-0.15, -0.1) is 0 Å². The van der Waals surface area contributed by atoms with Gasteiger partial charge in [0.05, 0.1) is 11.7 Å². The second-order valence-corrected chi connectivity index (χ2v) is 4.30. The molecule has 0 bridgehead atoms. The van der Waals surface area contributed by atoms with Gasteiger partial charge >= 0.3 is 0 Å². The van der Waals surface area contributed by atoms with Gasteiger partial charge < -0.3 is 4.74 Å².